The van der Waals surface area contributed by atoms with Crippen molar-refractivity contribution in [3.8, 4) is 0 Å². The lowest BCUT2D eigenvalue weighted by molar-refractivity contribution is 0.180. The molecule has 1 aromatic heterocycles. The Morgan fingerprint density at radius 1 is 1.04 bits per heavy atom. The molecule has 1 fully saturated rings. The number of aryl methyl sites for hydroxylation is 1. The lowest BCUT2D eigenvalue weighted by Gasteiger charge is -2.24. The van der Waals surface area contributed by atoms with Gasteiger partial charge in [0, 0.05) is 18.7 Å². The van der Waals surface area contributed by atoms with Crippen LogP contribution in [0.3, 0.4) is 0 Å². The van der Waals surface area contributed by atoms with Crippen LogP contribution in [-0.2, 0) is 21.4 Å². The molecule has 0 amide bonds. The van der Waals surface area contributed by atoms with E-state index in [1.807, 2.05) is 31.2 Å². The highest BCUT2D eigenvalue weighted by atomic mass is 32.2. The molecule has 0 radical (unpaired) electrons. The third-order valence-electron chi connectivity index (χ3n) is 4.82. The molecule has 0 spiro atoms. The Hall–Kier alpha value is -1.59. The molecule has 0 aliphatic heterocycles. The predicted molar refractivity (Wildman–Crippen MR) is 94.7 cm³/mol. The molecular formula is C19H25NO3S. The zero-order valence-corrected chi connectivity index (χ0v) is 15.2. The van der Waals surface area contributed by atoms with Gasteiger partial charge >= 0.3 is 0 Å². The van der Waals surface area contributed by atoms with Gasteiger partial charge < -0.3 is 4.74 Å². The van der Waals surface area contributed by atoms with Gasteiger partial charge in [0.1, 0.15) is 0 Å². The summed E-state index contributed by atoms with van der Waals surface area (Å²) in [5.41, 5.74) is 2.65. The van der Waals surface area contributed by atoms with E-state index in [1.54, 1.807) is 19.2 Å². The van der Waals surface area contributed by atoms with Gasteiger partial charge in [-0.15, -0.1) is 0 Å². The molecule has 2 aromatic rings. The van der Waals surface area contributed by atoms with Crippen molar-refractivity contribution in [2.75, 3.05) is 7.11 Å². The first-order valence-corrected chi connectivity index (χ1v) is 10.00. The Bertz CT molecular complexity index is 785. The molecule has 1 saturated carbocycles. The van der Waals surface area contributed by atoms with Crippen LogP contribution in [0, 0.1) is 6.92 Å². The highest BCUT2D eigenvalue weighted by Gasteiger charge is 2.27. The maximum atomic E-state index is 13.3. The lowest BCUT2D eigenvalue weighted by atomic mass is 9.87. The highest BCUT2D eigenvalue weighted by Crippen LogP contribution is 2.35. The van der Waals surface area contributed by atoms with Gasteiger partial charge in [-0.1, -0.05) is 37.0 Å². The molecule has 1 aromatic carbocycles. The minimum absolute atomic E-state index is 0.289. The summed E-state index contributed by atoms with van der Waals surface area (Å²) in [4.78, 5) is 0.332. The van der Waals surface area contributed by atoms with E-state index in [-0.39, 0.29) is 6.61 Å². The van der Waals surface area contributed by atoms with Crippen LogP contribution in [0.1, 0.15) is 55.0 Å². The molecule has 24 heavy (non-hydrogen) atoms. The summed E-state index contributed by atoms with van der Waals surface area (Å²) >= 11 is 0. The lowest BCUT2D eigenvalue weighted by Crippen LogP contribution is -2.21. The van der Waals surface area contributed by atoms with Gasteiger partial charge in [-0.2, -0.15) is 0 Å². The van der Waals surface area contributed by atoms with E-state index < -0.39 is 10.0 Å². The monoisotopic (exact) mass is 347 g/mol. The average Bonchev–Trinajstić information content (AvgIpc) is 3.01. The van der Waals surface area contributed by atoms with Crippen LogP contribution in [0.15, 0.2) is 41.3 Å². The molecule has 1 aliphatic rings. The number of rotatable bonds is 5. The standard InChI is InChI=1S/C19H25NO3S/c1-15-8-11-18(12-9-15)24(21,22)20-17(14-23-2)10-13-19(20)16-6-4-3-5-7-16/h8-13,16H,3-7,14H2,1-2H3. The fourth-order valence-electron chi connectivity index (χ4n) is 3.55. The van der Waals surface area contributed by atoms with Crippen molar-refractivity contribution in [1.29, 1.82) is 0 Å². The van der Waals surface area contributed by atoms with Crippen molar-refractivity contribution < 1.29 is 13.2 Å². The van der Waals surface area contributed by atoms with Gasteiger partial charge in [-0.05, 0) is 44.0 Å². The predicted octanol–water partition coefficient (Wildman–Crippen LogP) is 4.23. The first kappa shape index (κ1) is 17.2. The van der Waals surface area contributed by atoms with Crippen LogP contribution >= 0.6 is 0 Å². The SMILES string of the molecule is COCc1ccc(C2CCCCC2)n1S(=O)(=O)c1ccc(C)cc1. The Morgan fingerprint density at radius 2 is 1.71 bits per heavy atom. The van der Waals surface area contributed by atoms with Gasteiger partial charge in [-0.3, -0.25) is 0 Å². The second-order valence-corrected chi connectivity index (χ2v) is 8.39. The van der Waals surface area contributed by atoms with Crippen LogP contribution in [0.5, 0.6) is 0 Å². The third kappa shape index (κ3) is 3.28. The van der Waals surface area contributed by atoms with Crippen LogP contribution < -0.4 is 0 Å². The average molecular weight is 347 g/mol. The van der Waals surface area contributed by atoms with Crippen LogP contribution in [0.4, 0.5) is 0 Å². The molecular weight excluding hydrogens is 322 g/mol. The van der Waals surface area contributed by atoms with E-state index in [1.165, 1.54) is 23.2 Å². The summed E-state index contributed by atoms with van der Waals surface area (Å²) in [5.74, 6) is 0.310. The molecule has 0 N–H and O–H groups in total. The van der Waals surface area contributed by atoms with Gasteiger partial charge in [0.15, 0.2) is 0 Å². The minimum Gasteiger partial charge on any atom is -0.378 e. The quantitative estimate of drug-likeness (QED) is 0.813. The van der Waals surface area contributed by atoms with E-state index in [4.69, 9.17) is 4.74 Å². The smallest absolute Gasteiger partial charge is 0.268 e. The zero-order valence-electron chi connectivity index (χ0n) is 14.4. The van der Waals surface area contributed by atoms with E-state index >= 15 is 0 Å². The van der Waals surface area contributed by atoms with Gasteiger partial charge in [0.2, 0.25) is 0 Å². The fourth-order valence-corrected chi connectivity index (χ4v) is 5.15. The minimum atomic E-state index is -3.61. The van der Waals surface area contributed by atoms with Crippen molar-refractivity contribution in [2.24, 2.45) is 0 Å². The number of hydrogen-bond acceptors (Lipinski definition) is 3. The van der Waals surface area contributed by atoms with E-state index in [0.29, 0.717) is 16.5 Å². The summed E-state index contributed by atoms with van der Waals surface area (Å²) in [6.45, 7) is 2.24. The largest absolute Gasteiger partial charge is 0.378 e. The summed E-state index contributed by atoms with van der Waals surface area (Å²) < 4.78 is 33.3. The highest BCUT2D eigenvalue weighted by molar-refractivity contribution is 7.90. The van der Waals surface area contributed by atoms with Crippen LogP contribution in [-0.4, -0.2) is 19.5 Å². The zero-order chi connectivity index (χ0) is 17.2. The molecule has 0 bridgehead atoms. The molecule has 5 heteroatoms. The van der Waals surface area contributed by atoms with Gasteiger partial charge in [0.25, 0.3) is 10.0 Å². The van der Waals surface area contributed by atoms with Crippen LogP contribution in [0.25, 0.3) is 0 Å². The number of hydrogen-bond donors (Lipinski definition) is 0. The summed E-state index contributed by atoms with van der Waals surface area (Å²) in [5, 5.41) is 0. The molecule has 1 heterocycles. The number of methoxy groups -OCH3 is 1. The van der Waals surface area contributed by atoms with Crippen molar-refractivity contribution in [3.63, 3.8) is 0 Å². The molecule has 4 nitrogen and oxygen atoms in total. The van der Waals surface area contributed by atoms with Crippen molar-refractivity contribution in [3.05, 3.63) is 53.3 Å². The first-order valence-electron chi connectivity index (χ1n) is 8.55. The normalized spacial score (nSPS) is 16.4. The fraction of sp³-hybridized carbons (Fsp3) is 0.474. The van der Waals surface area contributed by atoms with E-state index in [0.717, 1.165) is 24.1 Å². The van der Waals surface area contributed by atoms with Crippen molar-refractivity contribution in [2.45, 2.75) is 56.4 Å². The Morgan fingerprint density at radius 3 is 2.33 bits per heavy atom. The third-order valence-corrected chi connectivity index (χ3v) is 6.61. The molecule has 0 atom stereocenters. The van der Waals surface area contributed by atoms with Crippen molar-refractivity contribution in [1.82, 2.24) is 3.97 Å². The topological polar surface area (TPSA) is 48.3 Å². The van der Waals surface area contributed by atoms with Gasteiger partial charge in [0.05, 0.1) is 17.2 Å². The maximum Gasteiger partial charge on any atom is 0.268 e. The molecule has 1 aliphatic carbocycles. The molecule has 0 unspecified atom stereocenters. The van der Waals surface area contributed by atoms with Crippen LogP contribution in [0.2, 0.25) is 0 Å². The van der Waals surface area contributed by atoms with Crippen molar-refractivity contribution >= 4 is 10.0 Å². The first-order chi connectivity index (χ1) is 11.5. The van der Waals surface area contributed by atoms with E-state index in [2.05, 4.69) is 0 Å². The Balaban J connectivity index is 2.09. The Kier molecular flexibility index (Phi) is 5.11. The summed E-state index contributed by atoms with van der Waals surface area (Å²) in [7, 11) is -2.02. The molecule has 0 saturated heterocycles. The number of nitrogens with zero attached hydrogens (tertiary/aromatic N) is 1. The summed E-state index contributed by atoms with van der Waals surface area (Å²) in [6, 6.07) is 10.9. The van der Waals surface area contributed by atoms with E-state index in [9.17, 15) is 8.42 Å². The Labute approximate surface area is 144 Å². The summed E-state index contributed by atoms with van der Waals surface area (Å²) in [6.07, 6.45) is 5.69. The number of benzene rings is 1. The second kappa shape index (κ2) is 7.11. The van der Waals surface area contributed by atoms with Gasteiger partial charge in [-0.25, -0.2) is 12.4 Å². The number of ether oxygens (including phenoxy) is 1. The number of aromatic nitrogens is 1. The molecule has 130 valence electrons. The maximum absolute atomic E-state index is 13.3. The second-order valence-electron chi connectivity index (χ2n) is 6.60. The molecule has 3 rings (SSSR count).